The molecule has 30 heavy (non-hydrogen) atoms. The number of urea groups is 1. The van der Waals surface area contributed by atoms with Crippen LogP contribution in [0.5, 0.6) is 0 Å². The van der Waals surface area contributed by atoms with Crippen LogP contribution >= 0.6 is 11.6 Å². The van der Waals surface area contributed by atoms with Gasteiger partial charge in [-0.15, -0.1) is 0 Å². The molecule has 1 saturated heterocycles. The minimum absolute atomic E-state index is 0.0121. The van der Waals surface area contributed by atoms with Gasteiger partial charge in [0, 0.05) is 38.0 Å². The number of ether oxygens (including phenoxy) is 1. The maximum atomic E-state index is 12.5. The molecule has 1 N–H and O–H groups in total. The summed E-state index contributed by atoms with van der Waals surface area (Å²) >= 11 is 5.94. The molecule has 0 radical (unpaired) electrons. The Labute approximate surface area is 177 Å². The fourth-order valence-corrected chi connectivity index (χ4v) is 2.91. The van der Waals surface area contributed by atoms with Gasteiger partial charge in [0.2, 0.25) is 5.91 Å². The number of aldehydes is 1. The molecular weight excluding hydrogens is 412 g/mol. The minimum Gasteiger partial charge on any atom is -0.370 e. The van der Waals surface area contributed by atoms with Gasteiger partial charge in [0.25, 0.3) is 0 Å². The van der Waals surface area contributed by atoms with E-state index in [0.717, 1.165) is 0 Å². The Bertz CT molecular complexity index is 1040. The second kappa shape index (κ2) is 9.30. The molecule has 0 bridgehead atoms. The highest BCUT2D eigenvalue weighted by Crippen LogP contribution is 2.20. The molecule has 0 saturated carbocycles. The highest BCUT2D eigenvalue weighted by molar-refractivity contribution is 6.32. The first-order chi connectivity index (χ1) is 14.4. The number of halogens is 1. The number of hydrogen-bond acceptors (Lipinski definition) is 7. The Morgan fingerprint density at radius 1 is 1.50 bits per heavy atom. The number of rotatable bonds is 5. The molecule has 0 unspecified atom stereocenters. The van der Waals surface area contributed by atoms with E-state index in [-0.39, 0.29) is 47.0 Å². The van der Waals surface area contributed by atoms with E-state index in [1.807, 2.05) is 6.07 Å². The van der Waals surface area contributed by atoms with Crippen LogP contribution < -0.4 is 10.2 Å². The van der Waals surface area contributed by atoms with E-state index < -0.39 is 6.03 Å². The number of amides is 3. The van der Waals surface area contributed by atoms with Gasteiger partial charge in [0.05, 0.1) is 17.2 Å². The van der Waals surface area contributed by atoms with Crippen LogP contribution in [-0.2, 0) is 16.1 Å². The molecule has 2 aromatic rings. The van der Waals surface area contributed by atoms with Crippen molar-refractivity contribution in [3.63, 3.8) is 0 Å². The van der Waals surface area contributed by atoms with E-state index in [1.165, 1.54) is 24.2 Å². The molecule has 1 aliphatic heterocycles. The van der Waals surface area contributed by atoms with Crippen LogP contribution in [0.3, 0.4) is 0 Å². The molecule has 1 fully saturated rings. The van der Waals surface area contributed by atoms with Crippen molar-refractivity contribution in [2.24, 2.45) is 0 Å². The monoisotopic (exact) mass is 428 g/mol. The zero-order valence-electron chi connectivity index (χ0n) is 16.0. The molecule has 3 heterocycles. The summed E-state index contributed by atoms with van der Waals surface area (Å²) in [5.74, 6) is 0.229. The Kier molecular flexibility index (Phi) is 6.56. The first-order valence-corrected chi connectivity index (χ1v) is 9.21. The first kappa shape index (κ1) is 21.2. The lowest BCUT2D eigenvalue weighted by atomic mass is 10.1. The van der Waals surface area contributed by atoms with Gasteiger partial charge in [-0.1, -0.05) is 17.7 Å². The predicted molar refractivity (Wildman–Crippen MR) is 107 cm³/mol. The minimum atomic E-state index is -0.566. The highest BCUT2D eigenvalue weighted by atomic mass is 35.5. The Hall–Kier alpha value is -3.55. The first-order valence-electron chi connectivity index (χ1n) is 8.84. The van der Waals surface area contributed by atoms with Gasteiger partial charge in [-0.3, -0.25) is 19.8 Å². The van der Waals surface area contributed by atoms with Crippen LogP contribution in [0.2, 0.25) is 5.02 Å². The average Bonchev–Trinajstić information content (AvgIpc) is 2.75. The van der Waals surface area contributed by atoms with E-state index in [4.69, 9.17) is 21.6 Å². The van der Waals surface area contributed by atoms with E-state index in [1.54, 1.807) is 17.0 Å². The van der Waals surface area contributed by atoms with Crippen molar-refractivity contribution in [3.8, 4) is 6.07 Å². The molecule has 0 atom stereocenters. The summed E-state index contributed by atoms with van der Waals surface area (Å²) in [7, 11) is 1.47. The van der Waals surface area contributed by atoms with Crippen LogP contribution in [0.4, 0.5) is 16.4 Å². The van der Waals surface area contributed by atoms with Crippen molar-refractivity contribution in [1.82, 2.24) is 14.9 Å². The molecule has 1 aliphatic rings. The van der Waals surface area contributed by atoms with Gasteiger partial charge in [-0.2, -0.15) is 5.26 Å². The summed E-state index contributed by atoms with van der Waals surface area (Å²) < 4.78 is 5.10. The molecular formula is C19H17ClN6O4. The van der Waals surface area contributed by atoms with Gasteiger partial charge in [0.15, 0.2) is 6.29 Å². The molecule has 3 rings (SSSR count). The summed E-state index contributed by atoms with van der Waals surface area (Å²) in [5.41, 5.74) is 0.888. The van der Waals surface area contributed by atoms with Gasteiger partial charge in [-0.25, -0.2) is 14.8 Å². The number of nitriles is 1. The summed E-state index contributed by atoms with van der Waals surface area (Å²) in [6.45, 7) is 1.11. The van der Waals surface area contributed by atoms with Crippen molar-refractivity contribution >= 4 is 41.5 Å². The van der Waals surface area contributed by atoms with E-state index in [9.17, 15) is 14.4 Å². The lowest BCUT2D eigenvalue weighted by Crippen LogP contribution is -2.41. The summed E-state index contributed by atoms with van der Waals surface area (Å²) in [5, 5.41) is 11.6. The Balaban J connectivity index is 1.73. The van der Waals surface area contributed by atoms with Crippen molar-refractivity contribution in [1.29, 1.82) is 5.26 Å². The third-order valence-corrected chi connectivity index (χ3v) is 4.72. The van der Waals surface area contributed by atoms with Crippen LogP contribution in [-0.4, -0.2) is 59.9 Å². The van der Waals surface area contributed by atoms with Crippen molar-refractivity contribution in [2.75, 3.05) is 37.0 Å². The van der Waals surface area contributed by atoms with Crippen molar-refractivity contribution in [2.45, 2.75) is 6.54 Å². The molecule has 3 amide bonds. The van der Waals surface area contributed by atoms with Crippen molar-refractivity contribution in [3.05, 3.63) is 46.2 Å². The van der Waals surface area contributed by atoms with E-state index in [0.29, 0.717) is 25.0 Å². The largest absolute Gasteiger partial charge is 0.370 e. The third-order valence-electron chi connectivity index (χ3n) is 4.41. The fraction of sp³-hybridized carbons (Fsp3) is 0.263. The van der Waals surface area contributed by atoms with Gasteiger partial charge >= 0.3 is 6.03 Å². The maximum absolute atomic E-state index is 12.5. The van der Waals surface area contributed by atoms with Crippen molar-refractivity contribution < 1.29 is 19.1 Å². The normalized spacial score (nSPS) is 13.5. The zero-order chi connectivity index (χ0) is 21.7. The molecule has 10 nitrogen and oxygen atoms in total. The summed E-state index contributed by atoms with van der Waals surface area (Å²) in [6.07, 6.45) is 1.83. The number of morpholine rings is 1. The number of carbonyl (C=O) groups excluding carboxylic acids is 3. The lowest BCUT2D eigenvalue weighted by molar-refractivity contribution is -0.143. The van der Waals surface area contributed by atoms with E-state index >= 15 is 0 Å². The zero-order valence-corrected chi connectivity index (χ0v) is 16.7. The number of nitrogens with zero attached hydrogens (tertiary/aromatic N) is 5. The second-order valence-electron chi connectivity index (χ2n) is 6.35. The fourth-order valence-electron chi connectivity index (χ4n) is 2.72. The lowest BCUT2D eigenvalue weighted by Gasteiger charge is -2.27. The Morgan fingerprint density at radius 2 is 2.30 bits per heavy atom. The molecule has 154 valence electrons. The maximum Gasteiger partial charge on any atom is 0.328 e. The Morgan fingerprint density at radius 3 is 2.97 bits per heavy atom. The van der Waals surface area contributed by atoms with Crippen LogP contribution in [0.15, 0.2) is 24.4 Å². The number of carbonyl (C=O) groups is 3. The SMILES string of the molecule is CN(C(=O)Nc1cc(Cl)c(C#N)cn1)c1ccc(CN2CCOCC2=O)c(C=O)n1. The predicted octanol–water partition coefficient (Wildman–Crippen LogP) is 1.84. The number of anilines is 2. The second-order valence-corrected chi connectivity index (χ2v) is 6.76. The summed E-state index contributed by atoms with van der Waals surface area (Å²) in [6, 6.07) is 5.90. The molecule has 0 spiro atoms. The number of nitrogens with one attached hydrogen (secondary N) is 1. The van der Waals surface area contributed by atoms with Gasteiger partial charge in [0.1, 0.15) is 30.0 Å². The standard InChI is InChI=1S/C19H17ClN6O4/c1-25(19(29)24-16-6-14(20)13(7-21)8-22-16)17-3-2-12(15(10-27)23-17)9-26-4-5-30-11-18(26)28/h2-3,6,8,10H,4-5,9,11H2,1H3,(H,22,24,29). The molecule has 2 aromatic heterocycles. The smallest absolute Gasteiger partial charge is 0.328 e. The van der Waals surface area contributed by atoms with Gasteiger partial charge in [-0.05, 0) is 6.07 Å². The quantitative estimate of drug-likeness (QED) is 0.719. The molecule has 0 aromatic carbocycles. The number of hydrogen-bond donors (Lipinski definition) is 1. The van der Waals surface area contributed by atoms with Crippen LogP contribution in [0.25, 0.3) is 0 Å². The van der Waals surface area contributed by atoms with Crippen LogP contribution in [0.1, 0.15) is 21.6 Å². The number of aromatic nitrogens is 2. The highest BCUT2D eigenvalue weighted by Gasteiger charge is 2.21. The molecule has 0 aliphatic carbocycles. The third kappa shape index (κ3) is 4.71. The van der Waals surface area contributed by atoms with E-state index in [2.05, 4.69) is 15.3 Å². The average molecular weight is 429 g/mol. The van der Waals surface area contributed by atoms with Gasteiger partial charge < -0.3 is 9.64 Å². The summed E-state index contributed by atoms with van der Waals surface area (Å²) in [4.78, 5) is 46.9. The molecule has 11 heteroatoms. The topological polar surface area (TPSA) is 129 Å². The van der Waals surface area contributed by atoms with Crippen LogP contribution in [0, 0.1) is 11.3 Å². The number of pyridine rings is 2.